The summed E-state index contributed by atoms with van der Waals surface area (Å²) in [7, 11) is 2.05. The van der Waals surface area contributed by atoms with E-state index in [0.29, 0.717) is 18.2 Å². The number of carbonyl (C=O) groups is 2. The molecule has 0 aromatic rings. The third-order valence-electron chi connectivity index (χ3n) is 5.66. The highest BCUT2D eigenvalue weighted by atomic mass is 16.1. The van der Waals surface area contributed by atoms with Gasteiger partial charge in [0, 0.05) is 11.5 Å². The molecule has 0 aromatic heterocycles. The molecule has 3 aliphatic carbocycles. The lowest BCUT2D eigenvalue weighted by Gasteiger charge is -2.69. The smallest absolute Gasteiger partial charge is 0.223 e. The monoisotopic (exact) mass is 295 g/mol. The maximum atomic E-state index is 11.5. The van der Waals surface area contributed by atoms with Crippen molar-refractivity contribution in [3.8, 4) is 0 Å². The van der Waals surface area contributed by atoms with Crippen molar-refractivity contribution in [3.63, 3.8) is 0 Å². The Morgan fingerprint density at radius 3 is 2.33 bits per heavy atom. The summed E-state index contributed by atoms with van der Waals surface area (Å²) in [6.07, 6.45) is 4.07. The lowest BCUT2D eigenvalue weighted by Crippen LogP contribution is -2.70. The number of nitrogens with two attached hydrogens (primary N) is 2. The summed E-state index contributed by atoms with van der Waals surface area (Å²) in [5.41, 5.74) is 9.84. The van der Waals surface area contributed by atoms with Crippen LogP contribution >= 0.6 is 0 Å². The topological polar surface area (TPSA) is 98.2 Å². The molecule has 3 saturated carbocycles. The minimum atomic E-state index is -0.639. The first-order chi connectivity index (χ1) is 9.63. The highest BCUT2D eigenvalue weighted by molar-refractivity contribution is 5.80. The van der Waals surface area contributed by atoms with Crippen LogP contribution in [0.25, 0.3) is 0 Å². The molecule has 0 aliphatic heterocycles. The first-order valence-electron chi connectivity index (χ1n) is 7.85. The molecule has 6 unspecified atom stereocenters. The zero-order valence-corrected chi connectivity index (χ0v) is 13.6. The van der Waals surface area contributed by atoms with Gasteiger partial charge in [-0.15, -0.1) is 0 Å². The lowest BCUT2D eigenvalue weighted by atomic mass is 9.38. The number of primary amides is 1. The largest absolute Gasteiger partial charge is 0.369 e. The van der Waals surface area contributed by atoms with Crippen molar-refractivity contribution in [1.82, 2.24) is 5.32 Å². The van der Waals surface area contributed by atoms with Crippen LogP contribution in [0.1, 0.15) is 40.0 Å². The standard InChI is InChI=1S/C12H20N2O.C4H9NO/c1-12(11(13)15)4-6-3-7-9(6)8(5-12)10(7)14-2;1-4(2,5)3-6/h6-10,14H,3-5H2,1-2H3,(H2,13,15);3H,5H2,1-2H3. The fourth-order valence-electron chi connectivity index (χ4n) is 4.58. The maximum absolute atomic E-state index is 11.5. The molecule has 120 valence electrons. The van der Waals surface area contributed by atoms with Crippen LogP contribution in [-0.4, -0.2) is 30.8 Å². The first kappa shape index (κ1) is 16.4. The Kier molecular flexibility index (Phi) is 4.19. The number of rotatable bonds is 3. The minimum Gasteiger partial charge on any atom is -0.369 e. The van der Waals surface area contributed by atoms with E-state index in [1.54, 1.807) is 13.8 Å². The van der Waals surface area contributed by atoms with E-state index in [1.807, 2.05) is 7.05 Å². The van der Waals surface area contributed by atoms with Gasteiger partial charge in [0.05, 0.1) is 5.54 Å². The van der Waals surface area contributed by atoms with Gasteiger partial charge in [0.25, 0.3) is 0 Å². The van der Waals surface area contributed by atoms with Gasteiger partial charge in [-0.25, -0.2) is 0 Å². The highest BCUT2D eigenvalue weighted by Gasteiger charge is 2.65. The Bertz CT molecular complexity index is 426. The molecule has 0 saturated heterocycles. The van der Waals surface area contributed by atoms with Gasteiger partial charge in [0.1, 0.15) is 6.29 Å². The first-order valence-corrected chi connectivity index (χ1v) is 7.85. The van der Waals surface area contributed by atoms with E-state index in [1.165, 1.54) is 6.42 Å². The number of nitrogens with one attached hydrogen (secondary N) is 1. The Labute approximate surface area is 127 Å². The van der Waals surface area contributed by atoms with Crippen LogP contribution in [0, 0.1) is 29.1 Å². The Morgan fingerprint density at radius 2 is 1.90 bits per heavy atom. The molecule has 5 N–H and O–H groups in total. The van der Waals surface area contributed by atoms with Gasteiger partial charge in [-0.05, 0) is 63.8 Å². The van der Waals surface area contributed by atoms with Gasteiger partial charge in [0.15, 0.2) is 0 Å². The predicted octanol–water partition coefficient (Wildman–Crippen LogP) is 0.665. The average Bonchev–Trinajstić information content (AvgIpc) is 2.34. The normalized spacial score (nSPS) is 43.4. The summed E-state index contributed by atoms with van der Waals surface area (Å²) >= 11 is 0. The van der Waals surface area contributed by atoms with Crippen molar-refractivity contribution < 1.29 is 9.59 Å². The third-order valence-corrected chi connectivity index (χ3v) is 5.66. The molecule has 5 nitrogen and oxygen atoms in total. The van der Waals surface area contributed by atoms with Gasteiger partial charge in [-0.3, -0.25) is 4.79 Å². The molecule has 6 atom stereocenters. The molecule has 0 spiro atoms. The van der Waals surface area contributed by atoms with Crippen molar-refractivity contribution in [2.45, 2.75) is 51.6 Å². The van der Waals surface area contributed by atoms with E-state index in [2.05, 4.69) is 12.2 Å². The van der Waals surface area contributed by atoms with Crippen molar-refractivity contribution >= 4 is 12.2 Å². The molecule has 1 amide bonds. The second-order valence-electron chi connectivity index (χ2n) is 7.99. The molecule has 3 aliphatic rings. The summed E-state index contributed by atoms with van der Waals surface area (Å²) in [5.74, 6) is 3.23. The number of hydrogen-bond acceptors (Lipinski definition) is 4. The van der Waals surface area contributed by atoms with Crippen molar-refractivity contribution in [2.24, 2.45) is 40.6 Å². The Hall–Kier alpha value is -0.940. The lowest BCUT2D eigenvalue weighted by molar-refractivity contribution is -0.186. The van der Waals surface area contributed by atoms with Crippen LogP contribution in [0.5, 0.6) is 0 Å². The summed E-state index contributed by atoms with van der Waals surface area (Å²) in [5, 5.41) is 3.41. The summed E-state index contributed by atoms with van der Waals surface area (Å²) in [6.45, 7) is 5.36. The molecule has 0 bridgehead atoms. The zero-order chi connectivity index (χ0) is 16.0. The SMILES string of the molecule is CC(C)(N)C=O.CNC1C2CC3CC(C)(C(N)=O)CC1C32. The zero-order valence-electron chi connectivity index (χ0n) is 13.6. The molecular formula is C16H29N3O2. The number of amides is 1. The summed E-state index contributed by atoms with van der Waals surface area (Å²) in [4.78, 5) is 21.2. The van der Waals surface area contributed by atoms with E-state index >= 15 is 0 Å². The van der Waals surface area contributed by atoms with Crippen molar-refractivity contribution in [3.05, 3.63) is 0 Å². The van der Waals surface area contributed by atoms with Gasteiger partial charge in [-0.1, -0.05) is 6.92 Å². The highest BCUT2D eigenvalue weighted by Crippen LogP contribution is 2.66. The van der Waals surface area contributed by atoms with Gasteiger partial charge >= 0.3 is 0 Å². The average molecular weight is 295 g/mol. The van der Waals surface area contributed by atoms with Crippen LogP contribution in [0.4, 0.5) is 0 Å². The quantitative estimate of drug-likeness (QED) is 0.666. The molecule has 0 heterocycles. The van der Waals surface area contributed by atoms with Crippen molar-refractivity contribution in [2.75, 3.05) is 7.05 Å². The van der Waals surface area contributed by atoms with E-state index in [4.69, 9.17) is 11.5 Å². The Morgan fingerprint density at radius 1 is 1.33 bits per heavy atom. The molecule has 3 fully saturated rings. The van der Waals surface area contributed by atoms with Crippen LogP contribution in [-0.2, 0) is 9.59 Å². The maximum Gasteiger partial charge on any atom is 0.223 e. The van der Waals surface area contributed by atoms with Gasteiger partial charge in [-0.2, -0.15) is 0 Å². The third kappa shape index (κ3) is 2.86. The van der Waals surface area contributed by atoms with Crippen LogP contribution in [0.3, 0.4) is 0 Å². The van der Waals surface area contributed by atoms with E-state index in [9.17, 15) is 9.59 Å². The fourth-order valence-corrected chi connectivity index (χ4v) is 4.58. The second-order valence-corrected chi connectivity index (χ2v) is 7.99. The van der Waals surface area contributed by atoms with E-state index in [0.717, 1.165) is 30.6 Å². The predicted molar refractivity (Wildman–Crippen MR) is 82.3 cm³/mol. The van der Waals surface area contributed by atoms with Crippen LogP contribution < -0.4 is 16.8 Å². The number of carbonyl (C=O) groups excluding carboxylic acids is 2. The van der Waals surface area contributed by atoms with Crippen LogP contribution in [0.15, 0.2) is 0 Å². The van der Waals surface area contributed by atoms with E-state index in [-0.39, 0.29) is 11.3 Å². The molecule has 5 heteroatoms. The fraction of sp³-hybridized carbons (Fsp3) is 0.875. The molecule has 0 aromatic carbocycles. The summed E-state index contributed by atoms with van der Waals surface area (Å²) < 4.78 is 0. The number of aldehydes is 1. The molecular weight excluding hydrogens is 266 g/mol. The van der Waals surface area contributed by atoms with Crippen LogP contribution in [0.2, 0.25) is 0 Å². The van der Waals surface area contributed by atoms with Gasteiger partial charge in [0.2, 0.25) is 5.91 Å². The Balaban J connectivity index is 0.000000232. The molecule has 0 radical (unpaired) electrons. The number of hydrogen-bond donors (Lipinski definition) is 3. The molecule has 21 heavy (non-hydrogen) atoms. The second kappa shape index (κ2) is 5.36. The summed E-state index contributed by atoms with van der Waals surface area (Å²) in [6, 6.07) is 0.658. The van der Waals surface area contributed by atoms with Crippen molar-refractivity contribution in [1.29, 1.82) is 0 Å². The van der Waals surface area contributed by atoms with E-state index < -0.39 is 5.54 Å². The minimum absolute atomic E-state index is 0.0915. The van der Waals surface area contributed by atoms with Gasteiger partial charge < -0.3 is 21.6 Å². The molecule has 3 rings (SSSR count).